The van der Waals surface area contributed by atoms with Crippen LogP contribution >= 0.6 is 12.4 Å². The highest BCUT2D eigenvalue weighted by atomic mass is 35.5. The van der Waals surface area contributed by atoms with Crippen molar-refractivity contribution < 1.29 is 13.9 Å². The van der Waals surface area contributed by atoms with Gasteiger partial charge in [-0.3, -0.25) is 4.79 Å². The second-order valence-corrected chi connectivity index (χ2v) is 4.16. The molecule has 1 aromatic rings. The summed E-state index contributed by atoms with van der Waals surface area (Å²) >= 11 is 0. The maximum absolute atomic E-state index is 12.8. The van der Waals surface area contributed by atoms with Gasteiger partial charge < -0.3 is 15.8 Å². The van der Waals surface area contributed by atoms with Gasteiger partial charge in [0, 0.05) is 26.1 Å². The zero-order valence-electron chi connectivity index (χ0n) is 11.1. The monoisotopic (exact) mass is 290 g/mol. The van der Waals surface area contributed by atoms with E-state index >= 15 is 0 Å². The smallest absolute Gasteiger partial charge is 0.224 e. The molecule has 0 saturated heterocycles. The first-order valence-electron chi connectivity index (χ1n) is 5.84. The van der Waals surface area contributed by atoms with Crippen molar-refractivity contribution >= 4 is 18.3 Å². The Bertz CT molecular complexity index is 387. The predicted molar refractivity (Wildman–Crippen MR) is 74.6 cm³/mol. The molecule has 0 bridgehead atoms. The van der Waals surface area contributed by atoms with Crippen LogP contribution in [0.1, 0.15) is 18.6 Å². The van der Waals surface area contributed by atoms with Crippen LogP contribution in [-0.4, -0.2) is 26.1 Å². The van der Waals surface area contributed by atoms with Gasteiger partial charge in [0.25, 0.3) is 0 Å². The zero-order chi connectivity index (χ0) is 13.5. The van der Waals surface area contributed by atoms with Crippen LogP contribution in [0.3, 0.4) is 0 Å². The van der Waals surface area contributed by atoms with Crippen LogP contribution in [0.25, 0.3) is 0 Å². The van der Waals surface area contributed by atoms with Gasteiger partial charge in [0.2, 0.25) is 5.91 Å². The Morgan fingerprint density at radius 3 is 2.47 bits per heavy atom. The van der Waals surface area contributed by atoms with E-state index in [1.165, 1.54) is 12.1 Å². The van der Waals surface area contributed by atoms with Crippen molar-refractivity contribution in [2.75, 3.05) is 20.2 Å². The van der Waals surface area contributed by atoms with Gasteiger partial charge in [-0.2, -0.15) is 0 Å². The van der Waals surface area contributed by atoms with Gasteiger partial charge in [0.15, 0.2) is 0 Å². The van der Waals surface area contributed by atoms with E-state index in [9.17, 15) is 9.18 Å². The van der Waals surface area contributed by atoms with Gasteiger partial charge in [-0.05, 0) is 17.7 Å². The van der Waals surface area contributed by atoms with E-state index in [2.05, 4.69) is 5.32 Å². The summed E-state index contributed by atoms with van der Waals surface area (Å²) in [5, 5.41) is 2.76. The highest BCUT2D eigenvalue weighted by molar-refractivity contribution is 5.85. The Labute approximate surface area is 118 Å². The molecular weight excluding hydrogens is 271 g/mol. The maximum Gasteiger partial charge on any atom is 0.224 e. The normalized spacial score (nSPS) is 13.3. The topological polar surface area (TPSA) is 64.3 Å². The Kier molecular flexibility index (Phi) is 8.30. The number of amides is 1. The van der Waals surface area contributed by atoms with E-state index in [4.69, 9.17) is 10.5 Å². The fourth-order valence-corrected chi connectivity index (χ4v) is 1.49. The number of carbonyl (C=O) groups excluding carboxylic acids is 1. The molecule has 0 aliphatic carbocycles. The van der Waals surface area contributed by atoms with Crippen LogP contribution in [0, 0.1) is 11.7 Å². The second kappa shape index (κ2) is 8.85. The third kappa shape index (κ3) is 5.55. The molecule has 1 amide bonds. The molecule has 0 aliphatic rings. The van der Waals surface area contributed by atoms with Crippen molar-refractivity contribution in [3.63, 3.8) is 0 Å². The summed E-state index contributed by atoms with van der Waals surface area (Å²) < 4.78 is 18.1. The summed E-state index contributed by atoms with van der Waals surface area (Å²) in [5.41, 5.74) is 6.22. The molecule has 1 aromatic carbocycles. The minimum Gasteiger partial charge on any atom is -0.375 e. The molecular formula is C13H20ClFN2O2. The minimum atomic E-state index is -0.297. The lowest BCUT2D eigenvalue weighted by atomic mass is 10.1. The third-order valence-corrected chi connectivity index (χ3v) is 2.79. The molecule has 6 heteroatoms. The van der Waals surface area contributed by atoms with Gasteiger partial charge in [-0.25, -0.2) is 4.39 Å². The number of ether oxygens (including phenoxy) is 1. The maximum atomic E-state index is 12.8. The molecule has 0 aliphatic heterocycles. The second-order valence-electron chi connectivity index (χ2n) is 4.16. The number of hydrogen-bond acceptors (Lipinski definition) is 3. The molecule has 108 valence electrons. The average Bonchev–Trinajstić information content (AvgIpc) is 2.40. The van der Waals surface area contributed by atoms with Crippen molar-refractivity contribution in [3.8, 4) is 0 Å². The first kappa shape index (κ1) is 17.8. The lowest BCUT2D eigenvalue weighted by Crippen LogP contribution is -2.36. The molecule has 0 aromatic heterocycles. The molecule has 0 radical (unpaired) electrons. The average molecular weight is 291 g/mol. The number of nitrogens with one attached hydrogen (secondary N) is 1. The third-order valence-electron chi connectivity index (χ3n) is 2.79. The van der Waals surface area contributed by atoms with E-state index < -0.39 is 0 Å². The van der Waals surface area contributed by atoms with Crippen molar-refractivity contribution in [3.05, 3.63) is 35.6 Å². The number of halogens is 2. The molecule has 3 N–H and O–H groups in total. The van der Waals surface area contributed by atoms with Gasteiger partial charge in [-0.15, -0.1) is 12.4 Å². The van der Waals surface area contributed by atoms with Crippen LogP contribution < -0.4 is 11.1 Å². The summed E-state index contributed by atoms with van der Waals surface area (Å²) in [7, 11) is 1.55. The molecule has 0 saturated carbocycles. The molecule has 0 spiro atoms. The number of nitrogens with two attached hydrogens (primary N) is 1. The first-order valence-corrected chi connectivity index (χ1v) is 5.84. The van der Waals surface area contributed by atoms with E-state index in [0.29, 0.717) is 13.1 Å². The Morgan fingerprint density at radius 2 is 2.00 bits per heavy atom. The van der Waals surface area contributed by atoms with Crippen LogP contribution in [-0.2, 0) is 9.53 Å². The first-order chi connectivity index (χ1) is 8.58. The van der Waals surface area contributed by atoms with E-state index in [1.807, 2.05) is 0 Å². The fourth-order valence-electron chi connectivity index (χ4n) is 1.49. The number of methoxy groups -OCH3 is 1. The van der Waals surface area contributed by atoms with Crippen LogP contribution in [0.4, 0.5) is 4.39 Å². The summed E-state index contributed by atoms with van der Waals surface area (Å²) in [4.78, 5) is 11.6. The highest BCUT2D eigenvalue weighted by Gasteiger charge is 2.15. The molecule has 0 fully saturated rings. The predicted octanol–water partition coefficient (Wildman–Crippen LogP) is 1.65. The highest BCUT2D eigenvalue weighted by Crippen LogP contribution is 2.16. The van der Waals surface area contributed by atoms with Crippen molar-refractivity contribution in [2.45, 2.75) is 13.0 Å². The van der Waals surface area contributed by atoms with Crippen molar-refractivity contribution in [1.29, 1.82) is 0 Å². The quantitative estimate of drug-likeness (QED) is 0.837. The van der Waals surface area contributed by atoms with Crippen molar-refractivity contribution in [1.82, 2.24) is 5.32 Å². The number of hydrogen-bond donors (Lipinski definition) is 2. The standard InChI is InChI=1S/C13H19FN2O2.ClH/c1-9(7-15)13(17)16-8-12(18-2)10-3-5-11(14)6-4-10;/h3-6,9,12H,7-8,15H2,1-2H3,(H,16,17);1H. The minimum absolute atomic E-state index is 0. The SMILES string of the molecule is COC(CNC(=O)C(C)CN)c1ccc(F)cc1.Cl. The summed E-state index contributed by atoms with van der Waals surface area (Å²) in [6.07, 6.45) is -0.292. The lowest BCUT2D eigenvalue weighted by molar-refractivity contribution is -0.124. The van der Waals surface area contributed by atoms with Crippen molar-refractivity contribution in [2.24, 2.45) is 11.7 Å². The largest absolute Gasteiger partial charge is 0.375 e. The van der Waals surface area contributed by atoms with E-state index in [1.54, 1.807) is 26.2 Å². The lowest BCUT2D eigenvalue weighted by Gasteiger charge is -2.18. The van der Waals surface area contributed by atoms with Gasteiger partial charge >= 0.3 is 0 Å². The number of benzene rings is 1. The van der Waals surface area contributed by atoms with Crippen LogP contribution in [0.15, 0.2) is 24.3 Å². The number of carbonyl (C=O) groups is 1. The zero-order valence-corrected chi connectivity index (χ0v) is 11.9. The summed E-state index contributed by atoms with van der Waals surface area (Å²) in [6.45, 7) is 2.40. The summed E-state index contributed by atoms with van der Waals surface area (Å²) in [6, 6.07) is 6.02. The fraction of sp³-hybridized carbons (Fsp3) is 0.462. The van der Waals surface area contributed by atoms with Crippen LogP contribution in [0.5, 0.6) is 0 Å². The molecule has 4 nitrogen and oxygen atoms in total. The molecule has 2 atom stereocenters. The van der Waals surface area contributed by atoms with Crippen LogP contribution in [0.2, 0.25) is 0 Å². The summed E-state index contributed by atoms with van der Waals surface area (Å²) in [5.74, 6) is -0.633. The molecule has 1 rings (SSSR count). The molecule has 19 heavy (non-hydrogen) atoms. The Balaban J connectivity index is 0.00000324. The van der Waals surface area contributed by atoms with E-state index in [0.717, 1.165) is 5.56 Å². The van der Waals surface area contributed by atoms with Gasteiger partial charge in [-0.1, -0.05) is 19.1 Å². The van der Waals surface area contributed by atoms with Gasteiger partial charge in [0.05, 0.1) is 6.10 Å². The molecule has 0 heterocycles. The number of rotatable bonds is 6. The molecule has 2 unspecified atom stereocenters. The Morgan fingerprint density at radius 1 is 1.42 bits per heavy atom. The Hall–Kier alpha value is -1.17. The van der Waals surface area contributed by atoms with E-state index in [-0.39, 0.29) is 36.2 Å². The van der Waals surface area contributed by atoms with Gasteiger partial charge in [0.1, 0.15) is 5.82 Å².